The van der Waals surface area contributed by atoms with Crippen LogP contribution in [0, 0.1) is 17.7 Å². The number of rotatable bonds is 6. The van der Waals surface area contributed by atoms with Crippen LogP contribution >= 0.6 is 12.2 Å². The van der Waals surface area contributed by atoms with E-state index < -0.39 is 23.2 Å². The summed E-state index contributed by atoms with van der Waals surface area (Å²) in [5.41, 5.74) is -0.927. The van der Waals surface area contributed by atoms with Crippen molar-refractivity contribution in [1.82, 2.24) is 9.97 Å². The minimum atomic E-state index is -3.21. The molecule has 1 amide bonds. The number of carbonyl (C=O) groups excluding carboxylic acids is 1. The van der Waals surface area contributed by atoms with Crippen LogP contribution in [0.15, 0.2) is 30.3 Å². The van der Waals surface area contributed by atoms with Crippen molar-refractivity contribution >= 4 is 45.5 Å². The number of halogens is 3. The smallest absolute Gasteiger partial charge is 0.271 e. The number of alkyl halides is 2. The number of aryl methyl sites for hydroxylation is 1. The van der Waals surface area contributed by atoms with E-state index in [2.05, 4.69) is 21.8 Å². The van der Waals surface area contributed by atoms with Crippen molar-refractivity contribution in [1.29, 1.82) is 0 Å². The number of hydrogen-bond donors (Lipinski definition) is 0. The largest absolute Gasteiger partial charge is 0.471 e. The van der Waals surface area contributed by atoms with Crippen molar-refractivity contribution in [2.24, 2.45) is 0 Å². The van der Waals surface area contributed by atoms with E-state index in [0.717, 1.165) is 6.92 Å². The van der Waals surface area contributed by atoms with Gasteiger partial charge in [0.1, 0.15) is 23.0 Å². The average molecular weight is 583 g/mol. The Bertz CT molecular complexity index is 1620. The van der Waals surface area contributed by atoms with Gasteiger partial charge in [0, 0.05) is 36.6 Å². The summed E-state index contributed by atoms with van der Waals surface area (Å²) in [6.45, 7) is 8.42. The van der Waals surface area contributed by atoms with Crippen molar-refractivity contribution < 1.29 is 27.4 Å². The molecule has 1 atom stereocenters. The van der Waals surface area contributed by atoms with E-state index in [1.165, 1.54) is 34.1 Å². The number of hydrogen-bond acceptors (Lipinski definition) is 6. The van der Waals surface area contributed by atoms with Crippen LogP contribution in [-0.4, -0.2) is 45.8 Å². The molecule has 0 spiro atoms. The molecule has 3 aromatic rings. The molecule has 0 saturated carbocycles. The fourth-order valence-electron chi connectivity index (χ4n) is 5.07. The maximum atomic E-state index is 15.7. The van der Waals surface area contributed by atoms with Gasteiger partial charge in [-0.3, -0.25) is 9.69 Å². The van der Waals surface area contributed by atoms with Crippen LogP contribution in [-0.2, 0) is 21.9 Å². The third kappa shape index (κ3) is 5.11. The highest BCUT2D eigenvalue weighted by atomic mass is 32.1. The first-order chi connectivity index (χ1) is 19.4. The first kappa shape index (κ1) is 28.8. The number of benzene rings is 2. The molecule has 2 fully saturated rings. The lowest BCUT2D eigenvalue weighted by atomic mass is 10.00. The van der Waals surface area contributed by atoms with Crippen LogP contribution in [0.5, 0.6) is 5.88 Å². The molecule has 41 heavy (non-hydrogen) atoms. The maximum Gasteiger partial charge on any atom is 0.271 e. The topological polar surface area (TPSA) is 67.8 Å². The summed E-state index contributed by atoms with van der Waals surface area (Å²) in [4.78, 5) is 25.3. The number of ether oxygens (including phenoxy) is 2. The van der Waals surface area contributed by atoms with Crippen molar-refractivity contribution in [2.45, 2.75) is 65.0 Å². The standard InChI is InChI=1S/C30H29F3N4O3S/c1-6-8-17-9-10-18(14-22(17)30(5,32)33)36-27(38)29(3,4)37(28(36)41)19-13-21-25(23(31)15-19)34-24(7-2)35-26(21)40-20-11-12-39-16-20/h9-10,13-15,20H,7,11-12,16H2,1-5H3. The molecule has 214 valence electrons. The Hall–Kier alpha value is -3.75. The third-order valence-corrected chi connectivity index (χ3v) is 7.52. The molecule has 3 heterocycles. The van der Waals surface area contributed by atoms with E-state index in [1.807, 2.05) is 6.92 Å². The fourth-order valence-corrected chi connectivity index (χ4v) is 5.59. The SMILES string of the molecule is CC#Cc1ccc(N2C(=O)C(C)(C)N(c3cc(F)c4nc(CC)nc(OC5CCOC5)c4c3)C2=S)cc1C(C)(F)F. The van der Waals surface area contributed by atoms with E-state index in [4.69, 9.17) is 21.7 Å². The summed E-state index contributed by atoms with van der Waals surface area (Å²) in [5, 5.41) is 0.334. The lowest BCUT2D eigenvalue weighted by Gasteiger charge is -2.30. The Balaban J connectivity index is 1.62. The number of thiocarbonyl (C=S) groups is 1. The van der Waals surface area contributed by atoms with Gasteiger partial charge >= 0.3 is 0 Å². The predicted molar refractivity (Wildman–Crippen MR) is 154 cm³/mol. The second-order valence-corrected chi connectivity index (χ2v) is 10.9. The quantitative estimate of drug-likeness (QED) is 0.265. The van der Waals surface area contributed by atoms with Crippen LogP contribution in [0.25, 0.3) is 10.9 Å². The van der Waals surface area contributed by atoms with E-state index >= 15 is 4.39 Å². The molecule has 0 bridgehead atoms. The van der Waals surface area contributed by atoms with E-state index in [0.29, 0.717) is 37.3 Å². The molecule has 2 aliphatic rings. The Morgan fingerprint density at radius 1 is 1.22 bits per heavy atom. The number of amides is 1. The summed E-state index contributed by atoms with van der Waals surface area (Å²) in [6, 6.07) is 7.08. The van der Waals surface area contributed by atoms with Crippen molar-refractivity contribution in [3.63, 3.8) is 0 Å². The van der Waals surface area contributed by atoms with Crippen LogP contribution < -0.4 is 14.5 Å². The Morgan fingerprint density at radius 3 is 2.61 bits per heavy atom. The van der Waals surface area contributed by atoms with Crippen molar-refractivity contribution in [3.05, 3.63) is 53.1 Å². The van der Waals surface area contributed by atoms with Gasteiger partial charge in [-0.2, -0.15) is 4.98 Å². The first-order valence-corrected chi connectivity index (χ1v) is 13.7. The molecule has 0 N–H and O–H groups in total. The molecule has 11 heteroatoms. The van der Waals surface area contributed by atoms with E-state index in [-0.39, 0.29) is 45.1 Å². The molecule has 0 aliphatic carbocycles. The summed E-state index contributed by atoms with van der Waals surface area (Å²) < 4.78 is 56.3. The fraction of sp³-hybridized carbons (Fsp3) is 0.400. The van der Waals surface area contributed by atoms with Crippen LogP contribution in [0.4, 0.5) is 24.5 Å². The highest BCUT2D eigenvalue weighted by molar-refractivity contribution is 7.81. The zero-order valence-electron chi connectivity index (χ0n) is 23.3. The minimum Gasteiger partial charge on any atom is -0.471 e. The Kier molecular flexibility index (Phi) is 7.42. The monoisotopic (exact) mass is 582 g/mol. The van der Waals surface area contributed by atoms with Gasteiger partial charge in [-0.15, -0.1) is 5.92 Å². The van der Waals surface area contributed by atoms with Crippen molar-refractivity contribution in [2.75, 3.05) is 23.0 Å². The summed E-state index contributed by atoms with van der Waals surface area (Å²) in [6.07, 6.45) is 0.906. The molecule has 1 unspecified atom stereocenters. The first-order valence-electron chi connectivity index (χ1n) is 13.2. The molecule has 1 aromatic heterocycles. The summed E-state index contributed by atoms with van der Waals surface area (Å²) in [7, 11) is 0. The molecule has 0 radical (unpaired) electrons. The van der Waals surface area contributed by atoms with Gasteiger partial charge < -0.3 is 14.4 Å². The minimum absolute atomic E-state index is 0.0104. The van der Waals surface area contributed by atoms with E-state index in [9.17, 15) is 13.6 Å². The van der Waals surface area contributed by atoms with Crippen molar-refractivity contribution in [3.8, 4) is 17.7 Å². The lowest BCUT2D eigenvalue weighted by molar-refractivity contribution is -0.120. The highest BCUT2D eigenvalue weighted by Crippen LogP contribution is 2.41. The molecule has 2 aliphatic heterocycles. The van der Waals surface area contributed by atoms with Crippen LogP contribution in [0.3, 0.4) is 0 Å². The van der Waals surface area contributed by atoms with Gasteiger partial charge in [-0.25, -0.2) is 18.2 Å². The molecule has 2 saturated heterocycles. The Labute approximate surface area is 241 Å². The van der Waals surface area contributed by atoms with Gasteiger partial charge in [0.25, 0.3) is 11.8 Å². The zero-order valence-corrected chi connectivity index (χ0v) is 24.2. The molecule has 2 aromatic carbocycles. The van der Waals surface area contributed by atoms with E-state index in [1.54, 1.807) is 26.8 Å². The third-order valence-electron chi connectivity index (χ3n) is 7.15. The zero-order chi connectivity index (χ0) is 29.7. The molecular weight excluding hydrogens is 553 g/mol. The Morgan fingerprint density at radius 2 is 1.98 bits per heavy atom. The second kappa shape index (κ2) is 10.6. The normalized spacial score (nSPS) is 18.7. The summed E-state index contributed by atoms with van der Waals surface area (Å²) >= 11 is 5.74. The maximum absolute atomic E-state index is 15.7. The van der Waals surface area contributed by atoms with Gasteiger partial charge in [-0.05, 0) is 63.3 Å². The molecule has 5 rings (SSSR count). The molecular formula is C30H29F3N4O3S. The second-order valence-electron chi connectivity index (χ2n) is 10.5. The number of nitrogens with zero attached hydrogens (tertiary/aromatic N) is 4. The highest BCUT2D eigenvalue weighted by Gasteiger charge is 2.51. The van der Waals surface area contributed by atoms with Gasteiger partial charge in [0.15, 0.2) is 10.9 Å². The number of anilines is 2. The number of aromatic nitrogens is 2. The molecule has 7 nitrogen and oxygen atoms in total. The van der Waals surface area contributed by atoms with Crippen LogP contribution in [0.1, 0.15) is 58.0 Å². The number of fused-ring (bicyclic) bond motifs is 1. The van der Waals surface area contributed by atoms with Crippen LogP contribution in [0.2, 0.25) is 0 Å². The van der Waals surface area contributed by atoms with Gasteiger partial charge in [0.2, 0.25) is 5.88 Å². The lowest BCUT2D eigenvalue weighted by Crippen LogP contribution is -2.44. The summed E-state index contributed by atoms with van der Waals surface area (Å²) in [5.74, 6) is 1.66. The average Bonchev–Trinajstić information content (AvgIpc) is 3.48. The number of carbonyl (C=O) groups is 1. The predicted octanol–water partition coefficient (Wildman–Crippen LogP) is 5.90. The van der Waals surface area contributed by atoms with Gasteiger partial charge in [-0.1, -0.05) is 12.8 Å². The van der Waals surface area contributed by atoms with Gasteiger partial charge in [0.05, 0.1) is 24.3 Å².